The highest BCUT2D eigenvalue weighted by Crippen LogP contribution is 2.16. The van der Waals surface area contributed by atoms with Crippen LogP contribution in [0.3, 0.4) is 0 Å². The number of nitrogens with one attached hydrogen (secondary N) is 1. The van der Waals surface area contributed by atoms with Crippen LogP contribution in [0, 0.1) is 0 Å². The minimum atomic E-state index is -2.92. The highest BCUT2D eigenvalue weighted by Gasteiger charge is 2.21. The maximum Gasteiger partial charge on any atom is 0.387 e. The van der Waals surface area contributed by atoms with E-state index in [1.807, 2.05) is 0 Å². The van der Waals surface area contributed by atoms with E-state index >= 15 is 0 Å². The average molecular weight is 455 g/mol. The van der Waals surface area contributed by atoms with E-state index in [9.17, 15) is 23.2 Å². The number of carbonyl (C=O) groups is 3. The molecule has 10 heteroatoms. The molecule has 2 rings (SSSR count). The molecule has 2 aromatic carbocycles. The van der Waals surface area contributed by atoms with Gasteiger partial charge in [0.2, 0.25) is 0 Å². The zero-order valence-electron chi connectivity index (χ0n) is 16.8. The van der Waals surface area contributed by atoms with Crippen molar-refractivity contribution >= 4 is 29.4 Å². The molecule has 2 amide bonds. The Morgan fingerprint density at radius 1 is 1.10 bits per heavy atom. The number of hydrogen-bond acceptors (Lipinski definition) is 5. The fourth-order valence-electron chi connectivity index (χ4n) is 2.49. The lowest BCUT2D eigenvalue weighted by Crippen LogP contribution is -2.41. The molecule has 1 unspecified atom stereocenters. The molecule has 0 saturated heterocycles. The molecule has 0 fully saturated rings. The highest BCUT2D eigenvalue weighted by atomic mass is 35.5. The van der Waals surface area contributed by atoms with Gasteiger partial charge >= 0.3 is 12.6 Å². The molecule has 1 atom stereocenters. The molecular weight excluding hydrogens is 434 g/mol. The number of esters is 1. The van der Waals surface area contributed by atoms with E-state index in [1.54, 1.807) is 30.3 Å². The predicted molar refractivity (Wildman–Crippen MR) is 109 cm³/mol. The third kappa shape index (κ3) is 7.53. The van der Waals surface area contributed by atoms with Gasteiger partial charge in [-0.15, -0.1) is 0 Å². The number of nitrogens with zero attached hydrogens (tertiary/aromatic N) is 1. The molecule has 166 valence electrons. The maximum absolute atomic E-state index is 12.2. The zero-order chi connectivity index (χ0) is 23.0. The summed E-state index contributed by atoms with van der Waals surface area (Å²) in [5, 5.41) is 2.70. The number of ether oxygens (including phenoxy) is 2. The van der Waals surface area contributed by atoms with Crippen LogP contribution in [0.1, 0.15) is 22.8 Å². The lowest BCUT2D eigenvalue weighted by Gasteiger charge is -2.19. The van der Waals surface area contributed by atoms with Gasteiger partial charge < -0.3 is 19.7 Å². The fraction of sp³-hybridized carbons (Fsp3) is 0.286. The van der Waals surface area contributed by atoms with Gasteiger partial charge in [-0.3, -0.25) is 9.59 Å². The third-order valence-electron chi connectivity index (χ3n) is 4.15. The van der Waals surface area contributed by atoms with Crippen LogP contribution in [-0.2, 0) is 20.9 Å². The van der Waals surface area contributed by atoms with Crippen LogP contribution in [0.25, 0.3) is 0 Å². The van der Waals surface area contributed by atoms with Gasteiger partial charge in [0.05, 0.1) is 10.6 Å². The smallest absolute Gasteiger partial charge is 0.387 e. The molecule has 0 radical (unpaired) electrons. The first kappa shape index (κ1) is 24.1. The Kier molecular flexibility index (Phi) is 8.75. The Hall–Kier alpha value is -3.20. The van der Waals surface area contributed by atoms with Crippen LogP contribution in [0.2, 0.25) is 5.02 Å². The number of amides is 2. The van der Waals surface area contributed by atoms with Gasteiger partial charge in [-0.1, -0.05) is 35.9 Å². The molecular formula is C21H21ClF2N2O5. The second kappa shape index (κ2) is 11.3. The van der Waals surface area contributed by atoms with Crippen molar-refractivity contribution in [3.05, 3.63) is 64.7 Å². The van der Waals surface area contributed by atoms with Crippen LogP contribution < -0.4 is 10.1 Å². The Balaban J connectivity index is 1.80. The van der Waals surface area contributed by atoms with Crippen molar-refractivity contribution in [2.24, 2.45) is 0 Å². The van der Waals surface area contributed by atoms with Crippen molar-refractivity contribution < 1.29 is 32.6 Å². The molecule has 0 bridgehead atoms. The number of halogens is 3. The number of benzene rings is 2. The van der Waals surface area contributed by atoms with Gasteiger partial charge in [0.1, 0.15) is 11.8 Å². The molecule has 0 aliphatic carbocycles. The summed E-state index contributed by atoms with van der Waals surface area (Å²) >= 11 is 5.95. The maximum atomic E-state index is 12.2. The Bertz CT molecular complexity index is 924. The van der Waals surface area contributed by atoms with Gasteiger partial charge in [-0.2, -0.15) is 8.78 Å². The SMILES string of the molecule is CC(NC(=O)c1ccccc1Cl)C(=O)OCC(=O)N(C)Cc1ccc(OC(F)F)cc1. The normalized spacial score (nSPS) is 11.5. The van der Waals surface area contributed by atoms with Crippen LogP contribution in [-0.4, -0.2) is 49.0 Å². The van der Waals surface area contributed by atoms with E-state index in [0.29, 0.717) is 5.56 Å². The molecule has 0 aromatic heterocycles. The number of hydrogen-bond donors (Lipinski definition) is 1. The van der Waals surface area contributed by atoms with E-state index in [1.165, 1.54) is 37.1 Å². The predicted octanol–water partition coefficient (Wildman–Crippen LogP) is 3.26. The standard InChI is InChI=1S/C21H21ClF2N2O5/c1-13(25-19(28)16-5-3-4-6-17(16)22)20(29)30-12-18(27)26(2)11-14-7-9-15(10-8-14)31-21(23)24/h3-10,13,21H,11-12H2,1-2H3,(H,25,28). The summed E-state index contributed by atoms with van der Waals surface area (Å²) in [4.78, 5) is 37.8. The first-order valence-electron chi connectivity index (χ1n) is 9.17. The van der Waals surface area contributed by atoms with Crippen molar-refractivity contribution in [2.75, 3.05) is 13.7 Å². The van der Waals surface area contributed by atoms with E-state index in [0.717, 1.165) is 0 Å². The van der Waals surface area contributed by atoms with E-state index in [4.69, 9.17) is 16.3 Å². The number of likely N-dealkylation sites (N-methyl/N-ethyl adjacent to an activating group) is 1. The molecule has 0 heterocycles. The van der Waals surface area contributed by atoms with Gasteiger partial charge in [0.15, 0.2) is 6.61 Å². The van der Waals surface area contributed by atoms with E-state index in [-0.39, 0.29) is 22.9 Å². The summed E-state index contributed by atoms with van der Waals surface area (Å²) in [7, 11) is 1.50. The zero-order valence-corrected chi connectivity index (χ0v) is 17.6. The topological polar surface area (TPSA) is 84.9 Å². The van der Waals surface area contributed by atoms with Gasteiger partial charge in [0, 0.05) is 13.6 Å². The van der Waals surface area contributed by atoms with Crippen molar-refractivity contribution in [3.63, 3.8) is 0 Å². The van der Waals surface area contributed by atoms with Gasteiger partial charge in [-0.25, -0.2) is 4.79 Å². The molecule has 2 aromatic rings. The van der Waals surface area contributed by atoms with Crippen LogP contribution in [0.5, 0.6) is 5.75 Å². The van der Waals surface area contributed by atoms with E-state index in [2.05, 4.69) is 10.1 Å². The molecule has 0 spiro atoms. The average Bonchev–Trinajstić information content (AvgIpc) is 2.72. The van der Waals surface area contributed by atoms with Crippen molar-refractivity contribution in [1.82, 2.24) is 10.2 Å². The summed E-state index contributed by atoms with van der Waals surface area (Å²) in [6.45, 7) is -1.84. The minimum absolute atomic E-state index is 0.00878. The Labute approximate surface area is 182 Å². The summed E-state index contributed by atoms with van der Waals surface area (Å²) in [6.07, 6.45) is 0. The second-order valence-electron chi connectivity index (χ2n) is 6.55. The third-order valence-corrected chi connectivity index (χ3v) is 4.48. The number of rotatable bonds is 9. The molecule has 0 aliphatic heterocycles. The molecule has 31 heavy (non-hydrogen) atoms. The van der Waals surface area contributed by atoms with Gasteiger partial charge in [-0.05, 0) is 36.8 Å². The summed E-state index contributed by atoms with van der Waals surface area (Å²) in [5.74, 6) is -1.80. The first-order valence-corrected chi connectivity index (χ1v) is 9.55. The second-order valence-corrected chi connectivity index (χ2v) is 6.96. The minimum Gasteiger partial charge on any atom is -0.454 e. The van der Waals surface area contributed by atoms with Crippen LogP contribution in [0.15, 0.2) is 48.5 Å². The lowest BCUT2D eigenvalue weighted by molar-refractivity contribution is -0.153. The van der Waals surface area contributed by atoms with E-state index < -0.39 is 37.0 Å². The Morgan fingerprint density at radius 3 is 2.35 bits per heavy atom. The quantitative estimate of drug-likeness (QED) is 0.588. The summed E-state index contributed by atoms with van der Waals surface area (Å²) in [6, 6.07) is 11.2. The molecule has 0 saturated carbocycles. The Morgan fingerprint density at radius 2 is 1.74 bits per heavy atom. The number of alkyl halides is 2. The van der Waals surface area contributed by atoms with Crippen molar-refractivity contribution in [2.45, 2.75) is 26.1 Å². The highest BCUT2D eigenvalue weighted by molar-refractivity contribution is 6.33. The fourth-order valence-corrected chi connectivity index (χ4v) is 2.71. The van der Waals surface area contributed by atoms with Crippen molar-refractivity contribution in [3.8, 4) is 5.75 Å². The monoisotopic (exact) mass is 454 g/mol. The van der Waals surface area contributed by atoms with Crippen LogP contribution in [0.4, 0.5) is 8.78 Å². The molecule has 0 aliphatic rings. The summed E-state index contributed by atoms with van der Waals surface area (Å²) in [5.41, 5.74) is 0.883. The summed E-state index contributed by atoms with van der Waals surface area (Å²) < 4.78 is 33.6. The number of carbonyl (C=O) groups excluding carboxylic acids is 3. The molecule has 1 N–H and O–H groups in total. The van der Waals surface area contributed by atoms with Crippen molar-refractivity contribution in [1.29, 1.82) is 0 Å². The first-order chi connectivity index (χ1) is 14.7. The van der Waals surface area contributed by atoms with Gasteiger partial charge in [0.25, 0.3) is 11.8 Å². The molecule has 7 nitrogen and oxygen atoms in total. The largest absolute Gasteiger partial charge is 0.454 e. The van der Waals surface area contributed by atoms with Crippen LogP contribution >= 0.6 is 11.6 Å². The lowest BCUT2D eigenvalue weighted by atomic mass is 10.2.